The first-order valence-electron chi connectivity index (χ1n) is 10.4. The highest BCUT2D eigenvalue weighted by Gasteiger charge is 2.43. The monoisotopic (exact) mass is 483 g/mol. The fourth-order valence-corrected chi connectivity index (χ4v) is 5.11. The summed E-state index contributed by atoms with van der Waals surface area (Å²) < 4.78 is 6.60. The van der Waals surface area contributed by atoms with Crippen LogP contribution in [0, 0.1) is 0 Å². The lowest BCUT2D eigenvalue weighted by molar-refractivity contribution is 0.103. The summed E-state index contributed by atoms with van der Waals surface area (Å²) in [7, 11) is 1.58. The van der Waals surface area contributed by atoms with Gasteiger partial charge in [-0.3, -0.25) is 19.1 Å². The van der Waals surface area contributed by atoms with Crippen LogP contribution < -0.4 is 16.6 Å². The molecule has 33 heavy (non-hydrogen) atoms. The first-order valence-corrected chi connectivity index (χ1v) is 11.1. The summed E-state index contributed by atoms with van der Waals surface area (Å²) in [6.45, 7) is 0.764. The van der Waals surface area contributed by atoms with E-state index in [9.17, 15) is 14.4 Å². The van der Waals surface area contributed by atoms with Gasteiger partial charge >= 0.3 is 5.69 Å². The molecule has 2 aromatic carbocycles. The molecule has 1 aliphatic carbocycles. The van der Waals surface area contributed by atoms with Crippen molar-refractivity contribution in [1.82, 2.24) is 9.55 Å². The van der Waals surface area contributed by atoms with E-state index in [2.05, 4.69) is 10.3 Å². The molecule has 0 radical (unpaired) electrons. The first kappa shape index (κ1) is 21.7. The van der Waals surface area contributed by atoms with Crippen molar-refractivity contribution >= 4 is 40.5 Å². The van der Waals surface area contributed by atoms with Crippen molar-refractivity contribution in [3.8, 4) is 0 Å². The minimum absolute atomic E-state index is 0.189. The number of nitrogens with one attached hydrogen (secondary N) is 2. The second kappa shape index (κ2) is 8.33. The summed E-state index contributed by atoms with van der Waals surface area (Å²) in [5, 5.41) is 4.01. The van der Waals surface area contributed by atoms with Crippen molar-refractivity contribution in [2.45, 2.75) is 18.9 Å². The van der Waals surface area contributed by atoms with Crippen molar-refractivity contribution in [3.05, 3.63) is 101 Å². The molecular formula is C24H19Cl2N3O4. The summed E-state index contributed by atoms with van der Waals surface area (Å²) in [5.41, 5.74) is 1.95. The fourth-order valence-electron chi connectivity index (χ4n) is 4.59. The molecule has 0 unspecified atom stereocenters. The van der Waals surface area contributed by atoms with Gasteiger partial charge in [-0.15, -0.1) is 0 Å². The van der Waals surface area contributed by atoms with Crippen LogP contribution in [0.5, 0.6) is 0 Å². The maximum Gasteiger partial charge on any atom is 0.329 e. The molecule has 5 rings (SSSR count). The van der Waals surface area contributed by atoms with E-state index in [0.717, 1.165) is 5.56 Å². The first-order chi connectivity index (χ1) is 15.9. The number of carbonyl (C=O) groups excluding carboxylic acids is 1. The lowest BCUT2D eigenvalue weighted by Gasteiger charge is -2.30. The number of H-pyrrole nitrogens is 1. The van der Waals surface area contributed by atoms with Crippen LogP contribution >= 0.6 is 23.2 Å². The van der Waals surface area contributed by atoms with Crippen LogP contribution in [0.25, 0.3) is 5.70 Å². The van der Waals surface area contributed by atoms with Gasteiger partial charge in [-0.05, 0) is 24.1 Å². The number of allylic oxidation sites excluding steroid dienone is 1. The highest BCUT2D eigenvalue weighted by Crippen LogP contribution is 2.49. The zero-order chi connectivity index (χ0) is 23.3. The lowest BCUT2D eigenvalue weighted by Crippen LogP contribution is -2.38. The van der Waals surface area contributed by atoms with Crippen molar-refractivity contribution in [2.24, 2.45) is 0 Å². The number of aromatic amines is 1. The van der Waals surface area contributed by atoms with Gasteiger partial charge in [0.25, 0.3) is 5.56 Å². The van der Waals surface area contributed by atoms with Gasteiger partial charge in [-0.1, -0.05) is 53.5 Å². The average Bonchev–Trinajstić information content (AvgIpc) is 3.07. The van der Waals surface area contributed by atoms with Gasteiger partial charge in [0.15, 0.2) is 5.78 Å². The molecule has 0 bridgehead atoms. The number of rotatable bonds is 5. The zero-order valence-corrected chi connectivity index (χ0v) is 19.1. The van der Waals surface area contributed by atoms with E-state index >= 15 is 0 Å². The van der Waals surface area contributed by atoms with Crippen LogP contribution in [0.4, 0.5) is 5.82 Å². The smallest absolute Gasteiger partial charge is 0.329 e. The van der Waals surface area contributed by atoms with Crippen molar-refractivity contribution in [3.63, 3.8) is 0 Å². The number of anilines is 1. The molecule has 0 amide bonds. The Hall–Kier alpha value is -3.13. The Labute approximate surface area is 198 Å². The second-order valence-electron chi connectivity index (χ2n) is 7.91. The number of halogens is 2. The number of nitrogens with zero attached hydrogens (tertiary/aromatic N) is 1. The number of hydrogen-bond acceptors (Lipinski definition) is 5. The molecule has 9 heteroatoms. The molecule has 7 nitrogen and oxygen atoms in total. The van der Waals surface area contributed by atoms with Gasteiger partial charge in [-0.25, -0.2) is 4.79 Å². The molecule has 1 aliphatic heterocycles. The Bertz CT molecular complexity index is 1450. The summed E-state index contributed by atoms with van der Waals surface area (Å²) in [4.78, 5) is 41.8. The Morgan fingerprint density at radius 3 is 2.55 bits per heavy atom. The van der Waals surface area contributed by atoms with Crippen LogP contribution in [0.15, 0.2) is 57.6 Å². The Balaban J connectivity index is 1.81. The Kier molecular flexibility index (Phi) is 5.48. The SMILES string of the molecule is COCCCn1c2c(c(=O)[nH]c1=O)[C@H](c1ccc(Cl)cc1Cl)C1=C(N2)c2ccccc2C1=O. The van der Waals surface area contributed by atoms with E-state index in [-0.39, 0.29) is 11.3 Å². The van der Waals surface area contributed by atoms with E-state index in [1.807, 2.05) is 12.1 Å². The van der Waals surface area contributed by atoms with Crippen LogP contribution in [0.1, 0.15) is 39.4 Å². The van der Waals surface area contributed by atoms with Crippen LogP contribution in [0.3, 0.4) is 0 Å². The van der Waals surface area contributed by atoms with Gasteiger partial charge in [0.1, 0.15) is 5.82 Å². The third-order valence-electron chi connectivity index (χ3n) is 6.01. The molecule has 2 aliphatic rings. The van der Waals surface area contributed by atoms with Crippen LogP contribution in [0.2, 0.25) is 10.0 Å². The van der Waals surface area contributed by atoms with E-state index in [1.54, 1.807) is 37.4 Å². The molecule has 0 fully saturated rings. The number of ketones is 1. The van der Waals surface area contributed by atoms with Gasteiger partial charge in [0.2, 0.25) is 0 Å². The molecule has 2 N–H and O–H groups in total. The summed E-state index contributed by atoms with van der Waals surface area (Å²) in [6.07, 6.45) is 0.560. The predicted octanol–water partition coefficient (Wildman–Crippen LogP) is 4.04. The van der Waals surface area contributed by atoms with E-state index in [4.69, 9.17) is 27.9 Å². The highest BCUT2D eigenvalue weighted by atomic mass is 35.5. The van der Waals surface area contributed by atoms with Crippen LogP contribution in [-0.2, 0) is 11.3 Å². The number of fused-ring (bicyclic) bond motifs is 3. The second-order valence-corrected chi connectivity index (χ2v) is 8.75. The number of aromatic nitrogens is 2. The van der Waals surface area contributed by atoms with Gasteiger partial charge in [0.05, 0.1) is 17.2 Å². The molecule has 2 heterocycles. The maximum atomic E-state index is 13.5. The molecule has 1 atom stereocenters. The average molecular weight is 484 g/mol. The molecule has 0 spiro atoms. The molecule has 0 saturated carbocycles. The Morgan fingerprint density at radius 2 is 1.82 bits per heavy atom. The minimum Gasteiger partial charge on any atom is -0.385 e. The van der Waals surface area contributed by atoms with E-state index < -0.39 is 17.2 Å². The molecule has 3 aromatic rings. The molecule has 1 aromatic heterocycles. The molecule has 168 valence electrons. The summed E-state index contributed by atoms with van der Waals surface area (Å²) >= 11 is 12.7. The molecular weight excluding hydrogens is 465 g/mol. The normalized spacial score (nSPS) is 16.3. The third-order valence-corrected chi connectivity index (χ3v) is 6.58. The van der Waals surface area contributed by atoms with E-state index in [1.165, 1.54) is 4.57 Å². The van der Waals surface area contributed by atoms with Crippen molar-refractivity contribution in [1.29, 1.82) is 0 Å². The number of ether oxygens (including phenoxy) is 1. The number of carbonyl (C=O) groups is 1. The zero-order valence-electron chi connectivity index (χ0n) is 17.6. The summed E-state index contributed by atoms with van der Waals surface area (Å²) in [6, 6.07) is 12.2. The highest BCUT2D eigenvalue weighted by molar-refractivity contribution is 6.35. The number of hydrogen-bond donors (Lipinski definition) is 2. The van der Waals surface area contributed by atoms with Crippen LogP contribution in [-0.4, -0.2) is 29.1 Å². The standard InChI is InChI=1S/C24H19Cl2N3O4/c1-33-10-4-9-29-22-19(23(31)28-24(29)32)17(15-8-7-12(25)11-16(15)26)18-20(27-22)13-5-2-3-6-14(13)21(18)30/h2-3,5-8,11,17,27H,4,9-10H2,1H3,(H,28,31,32)/t17-/m1/s1. The topological polar surface area (TPSA) is 93.2 Å². The quantitative estimate of drug-likeness (QED) is 0.534. The van der Waals surface area contributed by atoms with Crippen molar-refractivity contribution < 1.29 is 9.53 Å². The number of benzene rings is 2. The van der Waals surface area contributed by atoms with Gasteiger partial charge in [-0.2, -0.15) is 0 Å². The third kappa shape index (κ3) is 3.44. The minimum atomic E-state index is -0.779. The lowest BCUT2D eigenvalue weighted by atomic mass is 9.81. The van der Waals surface area contributed by atoms with Gasteiger partial charge in [0, 0.05) is 47.0 Å². The fraction of sp³-hybridized carbons (Fsp3) is 0.208. The number of Topliss-reactive ketones (excluding diaryl/α,β-unsaturated/α-hetero) is 1. The maximum absolute atomic E-state index is 13.5. The largest absolute Gasteiger partial charge is 0.385 e. The van der Waals surface area contributed by atoms with E-state index in [0.29, 0.717) is 57.8 Å². The van der Waals surface area contributed by atoms with Crippen molar-refractivity contribution in [2.75, 3.05) is 19.0 Å². The summed E-state index contributed by atoms with van der Waals surface area (Å²) in [5.74, 6) is -0.621. The molecule has 0 saturated heterocycles. The predicted molar refractivity (Wildman–Crippen MR) is 127 cm³/mol. The Morgan fingerprint density at radius 1 is 1.06 bits per heavy atom. The van der Waals surface area contributed by atoms with Gasteiger partial charge < -0.3 is 10.1 Å². The number of methoxy groups -OCH3 is 1.